The summed E-state index contributed by atoms with van der Waals surface area (Å²) >= 11 is 6.08. The summed E-state index contributed by atoms with van der Waals surface area (Å²) in [4.78, 5) is 26.7. The van der Waals surface area contributed by atoms with Gasteiger partial charge in [0.15, 0.2) is 17.2 Å². The Balaban J connectivity index is 2.03. The molecule has 0 bridgehead atoms. The van der Waals surface area contributed by atoms with Gasteiger partial charge in [-0.25, -0.2) is 9.79 Å². The third-order valence-corrected chi connectivity index (χ3v) is 4.35. The topological polar surface area (TPSA) is 109 Å². The van der Waals surface area contributed by atoms with E-state index in [1.165, 1.54) is 39.5 Å². The number of hydrogen-bond donors (Lipinski definition) is 0. The van der Waals surface area contributed by atoms with Gasteiger partial charge in [0.2, 0.25) is 11.6 Å². The highest BCUT2D eigenvalue weighted by atomic mass is 35.5. The Hall–Kier alpha value is -3.59. The number of nitro benzene ring substituents is 1. The number of nitro groups is 1. The lowest BCUT2D eigenvalue weighted by Gasteiger charge is -2.14. The van der Waals surface area contributed by atoms with Crippen LogP contribution in [0.3, 0.4) is 0 Å². The van der Waals surface area contributed by atoms with Crippen molar-refractivity contribution in [1.82, 2.24) is 0 Å². The lowest BCUT2D eigenvalue weighted by molar-refractivity contribution is -0.384. The van der Waals surface area contributed by atoms with Gasteiger partial charge in [0.05, 0.1) is 36.8 Å². The molecule has 29 heavy (non-hydrogen) atoms. The van der Waals surface area contributed by atoms with E-state index in [2.05, 4.69) is 4.99 Å². The number of carbonyl (C=O) groups is 1. The second kappa shape index (κ2) is 8.19. The van der Waals surface area contributed by atoms with Gasteiger partial charge in [-0.3, -0.25) is 10.1 Å². The van der Waals surface area contributed by atoms with Crippen molar-refractivity contribution in [1.29, 1.82) is 0 Å². The maximum atomic E-state index is 12.3. The van der Waals surface area contributed by atoms with Crippen molar-refractivity contribution in [2.75, 3.05) is 21.3 Å². The van der Waals surface area contributed by atoms with Crippen molar-refractivity contribution in [2.24, 2.45) is 4.99 Å². The Bertz CT molecular complexity index is 1060. The highest BCUT2D eigenvalue weighted by Crippen LogP contribution is 2.41. The van der Waals surface area contributed by atoms with Gasteiger partial charge in [0, 0.05) is 17.7 Å². The highest BCUT2D eigenvalue weighted by Gasteiger charge is 2.27. The molecule has 3 rings (SSSR count). The average molecular weight is 419 g/mol. The second-order valence-electron chi connectivity index (χ2n) is 5.68. The van der Waals surface area contributed by atoms with Crippen molar-refractivity contribution < 1.29 is 28.7 Å². The Morgan fingerprint density at radius 2 is 1.83 bits per heavy atom. The molecule has 0 saturated heterocycles. The van der Waals surface area contributed by atoms with Crippen LogP contribution in [0.5, 0.6) is 17.2 Å². The number of esters is 1. The van der Waals surface area contributed by atoms with Gasteiger partial charge in [-0.15, -0.1) is 0 Å². The SMILES string of the molecule is COc1ccc(/C=C2/N=C(c3ccc([N+](=O)[O-])cc3Cl)OC2=O)c(OC)c1OC. The molecule has 2 aromatic carbocycles. The summed E-state index contributed by atoms with van der Waals surface area (Å²) in [6, 6.07) is 7.11. The highest BCUT2D eigenvalue weighted by molar-refractivity contribution is 6.34. The number of rotatable bonds is 6. The normalized spacial score (nSPS) is 14.4. The van der Waals surface area contributed by atoms with E-state index in [0.29, 0.717) is 22.8 Å². The van der Waals surface area contributed by atoms with E-state index >= 15 is 0 Å². The molecule has 150 valence electrons. The fourth-order valence-corrected chi connectivity index (χ4v) is 2.96. The van der Waals surface area contributed by atoms with E-state index in [1.54, 1.807) is 12.1 Å². The third-order valence-electron chi connectivity index (χ3n) is 4.04. The molecule has 1 aliphatic rings. The monoisotopic (exact) mass is 418 g/mol. The summed E-state index contributed by atoms with van der Waals surface area (Å²) in [6.45, 7) is 0. The van der Waals surface area contributed by atoms with Gasteiger partial charge < -0.3 is 18.9 Å². The Morgan fingerprint density at radius 1 is 1.10 bits per heavy atom. The molecule has 9 nitrogen and oxygen atoms in total. The maximum Gasteiger partial charge on any atom is 0.363 e. The molecule has 0 amide bonds. The summed E-state index contributed by atoms with van der Waals surface area (Å²) in [5.41, 5.74) is 0.583. The number of ether oxygens (including phenoxy) is 4. The fourth-order valence-electron chi connectivity index (χ4n) is 2.70. The molecule has 1 aliphatic heterocycles. The molecule has 0 aliphatic carbocycles. The molecular weight excluding hydrogens is 404 g/mol. The molecule has 0 atom stereocenters. The zero-order valence-electron chi connectivity index (χ0n) is 15.6. The van der Waals surface area contributed by atoms with E-state index < -0.39 is 10.9 Å². The first-order chi connectivity index (χ1) is 13.9. The maximum absolute atomic E-state index is 12.3. The van der Waals surface area contributed by atoms with E-state index in [0.717, 1.165) is 6.07 Å². The van der Waals surface area contributed by atoms with E-state index in [1.807, 2.05) is 0 Å². The van der Waals surface area contributed by atoms with Crippen LogP contribution in [0, 0.1) is 10.1 Å². The van der Waals surface area contributed by atoms with Crippen LogP contribution in [0.1, 0.15) is 11.1 Å². The van der Waals surface area contributed by atoms with E-state index in [9.17, 15) is 14.9 Å². The van der Waals surface area contributed by atoms with Crippen molar-refractivity contribution >= 4 is 35.2 Å². The fraction of sp³-hybridized carbons (Fsp3) is 0.158. The summed E-state index contributed by atoms with van der Waals surface area (Å²) in [5.74, 6) is 0.414. The van der Waals surface area contributed by atoms with Crippen LogP contribution in [0.4, 0.5) is 5.69 Å². The second-order valence-corrected chi connectivity index (χ2v) is 6.09. The molecule has 0 aromatic heterocycles. The van der Waals surface area contributed by atoms with Crippen LogP contribution in [0.15, 0.2) is 41.0 Å². The van der Waals surface area contributed by atoms with Crippen molar-refractivity contribution in [3.05, 3.63) is 62.3 Å². The quantitative estimate of drug-likeness (QED) is 0.305. The Morgan fingerprint density at radius 3 is 2.41 bits per heavy atom. The van der Waals surface area contributed by atoms with Gasteiger partial charge in [-0.2, -0.15) is 0 Å². The van der Waals surface area contributed by atoms with Crippen molar-refractivity contribution in [3.63, 3.8) is 0 Å². The number of benzene rings is 2. The summed E-state index contributed by atoms with van der Waals surface area (Å²) < 4.78 is 21.1. The Labute approximate surface area is 170 Å². The number of halogens is 1. The number of nitrogens with zero attached hydrogens (tertiary/aromatic N) is 2. The first-order valence-corrected chi connectivity index (χ1v) is 8.53. The molecule has 2 aromatic rings. The summed E-state index contributed by atoms with van der Waals surface area (Å²) in [5, 5.41) is 10.9. The van der Waals surface area contributed by atoms with Crippen LogP contribution in [0.25, 0.3) is 6.08 Å². The first kappa shape index (κ1) is 20.2. The lowest BCUT2D eigenvalue weighted by atomic mass is 10.1. The molecule has 0 spiro atoms. The van der Waals surface area contributed by atoms with Crippen molar-refractivity contribution in [3.8, 4) is 17.2 Å². The first-order valence-electron chi connectivity index (χ1n) is 8.15. The molecule has 0 unspecified atom stereocenters. The van der Waals surface area contributed by atoms with Crippen LogP contribution < -0.4 is 14.2 Å². The lowest BCUT2D eigenvalue weighted by Crippen LogP contribution is -2.06. The predicted molar refractivity (Wildman–Crippen MR) is 105 cm³/mol. The van der Waals surface area contributed by atoms with Gasteiger partial charge in [-0.1, -0.05) is 11.6 Å². The summed E-state index contributed by atoms with van der Waals surface area (Å²) in [7, 11) is 4.42. The number of carbonyl (C=O) groups excluding carboxylic acids is 1. The van der Waals surface area contributed by atoms with E-state index in [4.69, 9.17) is 30.5 Å². The van der Waals surface area contributed by atoms with E-state index in [-0.39, 0.29) is 27.9 Å². The van der Waals surface area contributed by atoms with Gasteiger partial charge >= 0.3 is 5.97 Å². The minimum Gasteiger partial charge on any atom is -0.493 e. The van der Waals surface area contributed by atoms with Crippen LogP contribution in [0.2, 0.25) is 5.02 Å². The molecular formula is C19H15ClN2O7. The predicted octanol–water partition coefficient (Wildman–Crippen LogP) is 3.62. The molecule has 0 N–H and O–H groups in total. The number of aliphatic imine (C=N–C) groups is 1. The van der Waals surface area contributed by atoms with Gasteiger partial charge in [0.1, 0.15) is 0 Å². The van der Waals surface area contributed by atoms with Crippen LogP contribution >= 0.6 is 11.6 Å². The molecule has 10 heteroatoms. The van der Waals surface area contributed by atoms with Crippen molar-refractivity contribution in [2.45, 2.75) is 0 Å². The van der Waals surface area contributed by atoms with Gasteiger partial charge in [0.25, 0.3) is 5.69 Å². The molecule has 0 saturated carbocycles. The standard InChI is InChI=1S/C19H15ClN2O7/c1-26-15-7-4-10(16(27-2)17(15)28-3)8-14-19(23)29-18(21-14)12-6-5-11(22(24)25)9-13(12)20/h4-9H,1-3H3/b14-8+. The molecule has 0 radical (unpaired) electrons. The molecule has 1 heterocycles. The number of hydrogen-bond acceptors (Lipinski definition) is 8. The zero-order chi connectivity index (χ0) is 21.1. The summed E-state index contributed by atoms with van der Waals surface area (Å²) in [6.07, 6.45) is 1.47. The Kier molecular flexibility index (Phi) is 5.69. The number of cyclic esters (lactones) is 1. The average Bonchev–Trinajstić information content (AvgIpc) is 3.07. The van der Waals surface area contributed by atoms with Gasteiger partial charge in [-0.05, 0) is 24.3 Å². The molecule has 0 fully saturated rings. The van der Waals surface area contributed by atoms with Crippen LogP contribution in [-0.4, -0.2) is 38.1 Å². The zero-order valence-corrected chi connectivity index (χ0v) is 16.4. The smallest absolute Gasteiger partial charge is 0.363 e. The third kappa shape index (κ3) is 3.85. The minimum absolute atomic E-state index is 0.0000562. The minimum atomic E-state index is -0.703. The number of methoxy groups -OCH3 is 3. The number of non-ortho nitro benzene ring substituents is 1. The van der Waals surface area contributed by atoms with Crippen LogP contribution in [-0.2, 0) is 9.53 Å². The largest absolute Gasteiger partial charge is 0.493 e.